The van der Waals surface area contributed by atoms with Crippen LogP contribution in [0.4, 0.5) is 11.4 Å². The van der Waals surface area contributed by atoms with E-state index in [0.29, 0.717) is 12.2 Å². The summed E-state index contributed by atoms with van der Waals surface area (Å²) >= 11 is 0. The molecule has 0 radical (unpaired) electrons. The molecule has 0 saturated heterocycles. The third kappa shape index (κ3) is 4.79. The predicted molar refractivity (Wildman–Crippen MR) is 78.5 cm³/mol. The third-order valence-corrected chi connectivity index (χ3v) is 3.18. The van der Waals surface area contributed by atoms with Crippen LogP contribution in [0.5, 0.6) is 0 Å². The van der Waals surface area contributed by atoms with Gasteiger partial charge in [-0.25, -0.2) is 0 Å². The molecule has 0 saturated carbocycles. The highest BCUT2D eigenvalue weighted by Gasteiger charge is 2.13. The van der Waals surface area contributed by atoms with E-state index in [-0.39, 0.29) is 6.54 Å². The fourth-order valence-electron chi connectivity index (χ4n) is 2.03. The van der Waals surface area contributed by atoms with E-state index in [2.05, 4.69) is 18.7 Å². The van der Waals surface area contributed by atoms with Gasteiger partial charge in [0.1, 0.15) is 6.54 Å². The van der Waals surface area contributed by atoms with Gasteiger partial charge in [-0.1, -0.05) is 26.0 Å². The Morgan fingerprint density at radius 2 is 1.84 bits per heavy atom. The Hall–Kier alpha value is -1.75. The zero-order valence-corrected chi connectivity index (χ0v) is 11.7. The maximum Gasteiger partial charge on any atom is 0.323 e. The highest BCUT2D eigenvalue weighted by atomic mass is 16.4. The molecular formula is C14H23N3O2. The molecule has 0 aliphatic carbocycles. The third-order valence-electron chi connectivity index (χ3n) is 3.18. The van der Waals surface area contributed by atoms with Crippen LogP contribution in [0.15, 0.2) is 24.3 Å². The van der Waals surface area contributed by atoms with Gasteiger partial charge in [-0.05, 0) is 25.2 Å². The largest absolute Gasteiger partial charge is 0.480 e. The Kier molecular flexibility index (Phi) is 6.15. The molecule has 0 spiro atoms. The van der Waals surface area contributed by atoms with Crippen molar-refractivity contribution < 1.29 is 9.90 Å². The number of rotatable bonds is 8. The van der Waals surface area contributed by atoms with Crippen LogP contribution in [-0.2, 0) is 4.79 Å². The van der Waals surface area contributed by atoms with Crippen LogP contribution < -0.4 is 10.6 Å². The molecule has 5 heteroatoms. The van der Waals surface area contributed by atoms with Crippen LogP contribution in [0.3, 0.4) is 0 Å². The molecule has 0 amide bonds. The van der Waals surface area contributed by atoms with Gasteiger partial charge in [0.05, 0.1) is 11.4 Å². The number of benzene rings is 1. The fourth-order valence-corrected chi connectivity index (χ4v) is 2.03. The summed E-state index contributed by atoms with van der Waals surface area (Å²) < 4.78 is 0. The SMILES string of the molecule is CCN(CC)CCN(CC(=O)O)c1ccccc1N. The van der Waals surface area contributed by atoms with Crippen LogP contribution in [0.2, 0.25) is 0 Å². The van der Waals surface area contributed by atoms with Crippen molar-refractivity contribution in [2.24, 2.45) is 0 Å². The molecular weight excluding hydrogens is 242 g/mol. The van der Waals surface area contributed by atoms with E-state index in [9.17, 15) is 4.79 Å². The first kappa shape index (κ1) is 15.3. The van der Waals surface area contributed by atoms with E-state index in [1.165, 1.54) is 0 Å². The van der Waals surface area contributed by atoms with Gasteiger partial charge in [-0.2, -0.15) is 0 Å². The number of likely N-dealkylation sites (N-methyl/N-ethyl adjacent to an activating group) is 1. The lowest BCUT2D eigenvalue weighted by atomic mass is 10.2. The lowest BCUT2D eigenvalue weighted by molar-refractivity contribution is -0.135. The first-order valence-electron chi connectivity index (χ1n) is 6.62. The Morgan fingerprint density at radius 3 is 2.37 bits per heavy atom. The molecule has 5 nitrogen and oxygen atoms in total. The number of anilines is 2. The van der Waals surface area contributed by atoms with E-state index in [0.717, 1.165) is 25.3 Å². The molecule has 0 atom stereocenters. The summed E-state index contributed by atoms with van der Waals surface area (Å²) in [5.41, 5.74) is 7.32. The number of nitrogens with zero attached hydrogens (tertiary/aromatic N) is 2. The smallest absolute Gasteiger partial charge is 0.323 e. The molecule has 0 heterocycles. The van der Waals surface area contributed by atoms with Crippen LogP contribution in [-0.4, -0.2) is 48.7 Å². The second kappa shape index (κ2) is 7.63. The fraction of sp³-hybridized carbons (Fsp3) is 0.500. The van der Waals surface area contributed by atoms with Crippen LogP contribution >= 0.6 is 0 Å². The Morgan fingerprint density at radius 1 is 1.21 bits per heavy atom. The van der Waals surface area contributed by atoms with Gasteiger partial charge in [0.15, 0.2) is 0 Å². The van der Waals surface area contributed by atoms with Gasteiger partial charge in [-0.15, -0.1) is 0 Å². The summed E-state index contributed by atoms with van der Waals surface area (Å²) in [5, 5.41) is 9.02. The van der Waals surface area contributed by atoms with E-state index in [4.69, 9.17) is 10.8 Å². The van der Waals surface area contributed by atoms with Crippen LogP contribution in [0, 0.1) is 0 Å². The number of hydrogen-bond acceptors (Lipinski definition) is 4. The van der Waals surface area contributed by atoms with Gasteiger partial charge in [0, 0.05) is 13.1 Å². The zero-order valence-electron chi connectivity index (χ0n) is 11.7. The molecule has 0 aliphatic rings. The number of nitrogen functional groups attached to an aromatic ring is 1. The highest BCUT2D eigenvalue weighted by Crippen LogP contribution is 2.22. The lowest BCUT2D eigenvalue weighted by Crippen LogP contribution is -2.38. The molecule has 3 N–H and O–H groups in total. The van der Waals surface area contributed by atoms with Gasteiger partial charge >= 0.3 is 5.97 Å². The van der Waals surface area contributed by atoms with Gasteiger partial charge in [-0.3, -0.25) is 4.79 Å². The number of carbonyl (C=O) groups is 1. The van der Waals surface area contributed by atoms with E-state index >= 15 is 0 Å². The first-order valence-corrected chi connectivity index (χ1v) is 6.62. The van der Waals surface area contributed by atoms with Crippen LogP contribution in [0.25, 0.3) is 0 Å². The number of nitrogens with two attached hydrogens (primary N) is 1. The summed E-state index contributed by atoms with van der Waals surface area (Å²) in [4.78, 5) is 15.1. The second-order valence-electron chi connectivity index (χ2n) is 4.40. The zero-order chi connectivity index (χ0) is 14.3. The van der Waals surface area contributed by atoms with Crippen molar-refractivity contribution in [3.8, 4) is 0 Å². The quantitative estimate of drug-likeness (QED) is 0.697. The molecule has 1 aromatic carbocycles. The van der Waals surface area contributed by atoms with E-state index in [1.54, 1.807) is 6.07 Å². The van der Waals surface area contributed by atoms with Gasteiger partial charge in [0.25, 0.3) is 0 Å². The molecule has 0 aliphatic heterocycles. The molecule has 0 aromatic heterocycles. The average Bonchev–Trinajstić information content (AvgIpc) is 2.39. The van der Waals surface area contributed by atoms with Gasteiger partial charge in [0.2, 0.25) is 0 Å². The normalized spacial score (nSPS) is 10.7. The number of aliphatic carboxylic acids is 1. The monoisotopic (exact) mass is 265 g/mol. The topological polar surface area (TPSA) is 69.8 Å². The minimum Gasteiger partial charge on any atom is -0.480 e. The summed E-state index contributed by atoms with van der Waals surface area (Å²) in [5.74, 6) is -0.845. The maximum atomic E-state index is 11.0. The summed E-state index contributed by atoms with van der Waals surface area (Å²) in [7, 11) is 0. The Balaban J connectivity index is 2.78. The lowest BCUT2D eigenvalue weighted by Gasteiger charge is -2.27. The van der Waals surface area contributed by atoms with Gasteiger partial charge < -0.3 is 20.6 Å². The maximum absolute atomic E-state index is 11.0. The number of carboxylic acids is 1. The summed E-state index contributed by atoms with van der Waals surface area (Å²) in [6.45, 7) is 7.57. The molecule has 0 fully saturated rings. The van der Waals surface area contributed by atoms with E-state index in [1.807, 2.05) is 23.1 Å². The molecule has 106 valence electrons. The van der Waals surface area contributed by atoms with Crippen molar-refractivity contribution in [2.75, 3.05) is 43.4 Å². The number of para-hydroxylation sites is 2. The highest BCUT2D eigenvalue weighted by molar-refractivity contribution is 5.77. The molecule has 0 bridgehead atoms. The summed E-state index contributed by atoms with van der Waals surface area (Å²) in [6, 6.07) is 7.38. The second-order valence-corrected chi connectivity index (χ2v) is 4.40. The van der Waals surface area contributed by atoms with Crippen molar-refractivity contribution in [1.29, 1.82) is 0 Å². The van der Waals surface area contributed by atoms with Crippen molar-refractivity contribution in [3.63, 3.8) is 0 Å². The van der Waals surface area contributed by atoms with Crippen LogP contribution in [0.1, 0.15) is 13.8 Å². The van der Waals surface area contributed by atoms with Crippen molar-refractivity contribution >= 4 is 17.3 Å². The molecule has 1 rings (SSSR count). The Bertz CT molecular complexity index is 405. The molecule has 1 aromatic rings. The summed E-state index contributed by atoms with van der Waals surface area (Å²) in [6.07, 6.45) is 0. The minimum atomic E-state index is -0.845. The number of carboxylic acid groups (broad SMARTS) is 1. The van der Waals surface area contributed by atoms with E-state index < -0.39 is 5.97 Å². The predicted octanol–water partition coefficient (Wildman–Crippen LogP) is 1.50. The minimum absolute atomic E-state index is 0.0323. The molecule has 0 unspecified atom stereocenters. The molecule has 19 heavy (non-hydrogen) atoms. The van der Waals surface area contributed by atoms with Crippen molar-refractivity contribution in [3.05, 3.63) is 24.3 Å². The number of hydrogen-bond donors (Lipinski definition) is 2. The van der Waals surface area contributed by atoms with Crippen molar-refractivity contribution in [1.82, 2.24) is 4.90 Å². The van der Waals surface area contributed by atoms with Crippen molar-refractivity contribution in [2.45, 2.75) is 13.8 Å². The Labute approximate surface area is 114 Å². The standard InChI is InChI=1S/C14H23N3O2/c1-3-16(4-2)9-10-17(11-14(18)19)13-8-6-5-7-12(13)15/h5-8H,3-4,9-11,15H2,1-2H3,(H,18,19). The average molecular weight is 265 g/mol. The first-order chi connectivity index (χ1) is 9.08.